The molecule has 0 atom stereocenters. The summed E-state index contributed by atoms with van der Waals surface area (Å²) in [6, 6.07) is 4.20. The topological polar surface area (TPSA) is 24.5 Å². The minimum atomic E-state index is -4.41. The van der Waals surface area contributed by atoms with Gasteiger partial charge >= 0.3 is 6.18 Å². The number of hydrogen-bond acceptors (Lipinski definition) is 3. The number of rotatable bonds is 7. The lowest BCUT2D eigenvalue weighted by molar-refractivity contribution is -0.139. The van der Waals surface area contributed by atoms with Crippen LogP contribution in [-0.2, 0) is 12.7 Å². The first kappa shape index (κ1) is 16.8. The minimum Gasteiger partial charge on any atom is -0.492 e. The molecule has 0 saturated carbocycles. The van der Waals surface area contributed by atoms with E-state index in [4.69, 9.17) is 4.74 Å². The Morgan fingerprint density at radius 1 is 1.25 bits per heavy atom. The summed E-state index contributed by atoms with van der Waals surface area (Å²) in [5.74, 6) is -0.111. The van der Waals surface area contributed by atoms with E-state index in [-0.39, 0.29) is 12.4 Å². The van der Waals surface area contributed by atoms with E-state index in [1.165, 1.54) is 6.07 Å². The van der Waals surface area contributed by atoms with Crippen molar-refractivity contribution >= 4 is 0 Å². The number of hydrogen-bond donors (Lipinski definition) is 1. The zero-order chi connectivity index (χ0) is 15.2. The van der Waals surface area contributed by atoms with Crippen LogP contribution in [-0.4, -0.2) is 38.7 Å². The van der Waals surface area contributed by atoms with E-state index in [1.54, 1.807) is 6.07 Å². The van der Waals surface area contributed by atoms with Crippen LogP contribution in [0.3, 0.4) is 0 Å². The Hall–Kier alpha value is -1.27. The van der Waals surface area contributed by atoms with Crippen LogP contribution in [0, 0.1) is 0 Å². The summed E-state index contributed by atoms with van der Waals surface area (Å²) >= 11 is 0. The first-order valence-corrected chi connectivity index (χ1v) is 6.53. The summed E-state index contributed by atoms with van der Waals surface area (Å²) in [5, 5.41) is 3.01. The van der Waals surface area contributed by atoms with E-state index < -0.39 is 11.7 Å². The number of nitrogens with zero attached hydrogens (tertiary/aromatic N) is 1. The molecule has 0 fully saturated rings. The predicted octanol–water partition coefficient (Wildman–Crippen LogP) is 2.76. The van der Waals surface area contributed by atoms with Crippen molar-refractivity contribution in [3.8, 4) is 5.75 Å². The number of ether oxygens (including phenoxy) is 1. The van der Waals surface area contributed by atoms with Crippen molar-refractivity contribution in [2.24, 2.45) is 0 Å². The van der Waals surface area contributed by atoms with Crippen LogP contribution in [0.15, 0.2) is 18.2 Å². The molecule has 0 heterocycles. The van der Waals surface area contributed by atoms with E-state index in [0.717, 1.165) is 6.07 Å². The molecule has 1 aromatic carbocycles. The van der Waals surface area contributed by atoms with E-state index in [1.807, 2.05) is 25.9 Å². The normalized spacial score (nSPS) is 11.9. The first-order chi connectivity index (χ1) is 9.34. The van der Waals surface area contributed by atoms with Gasteiger partial charge in [-0.3, -0.25) is 0 Å². The largest absolute Gasteiger partial charge is 0.492 e. The predicted molar refractivity (Wildman–Crippen MR) is 72.9 cm³/mol. The molecule has 0 aliphatic carbocycles. The number of likely N-dealkylation sites (N-methyl/N-ethyl adjacent to an activating group) is 1. The van der Waals surface area contributed by atoms with Crippen molar-refractivity contribution in [3.63, 3.8) is 0 Å². The number of halogens is 3. The zero-order valence-corrected chi connectivity index (χ0v) is 12.0. The van der Waals surface area contributed by atoms with Gasteiger partial charge in [-0.2, -0.15) is 13.2 Å². The molecule has 1 N–H and O–H groups in total. The average Bonchev–Trinajstić information content (AvgIpc) is 2.35. The Bertz CT molecular complexity index is 419. The third kappa shape index (κ3) is 5.38. The van der Waals surface area contributed by atoms with Crippen LogP contribution < -0.4 is 10.1 Å². The maximum atomic E-state index is 13.0. The van der Waals surface area contributed by atoms with Crippen LogP contribution in [0.4, 0.5) is 13.2 Å². The summed E-state index contributed by atoms with van der Waals surface area (Å²) in [5.41, 5.74) is -0.120. The van der Waals surface area contributed by atoms with Crippen LogP contribution in [0.1, 0.15) is 18.1 Å². The van der Waals surface area contributed by atoms with E-state index in [2.05, 4.69) is 5.32 Å². The van der Waals surface area contributed by atoms with Gasteiger partial charge in [0, 0.05) is 13.1 Å². The van der Waals surface area contributed by atoms with Crippen LogP contribution >= 0.6 is 0 Å². The molecule has 0 aliphatic heterocycles. The van der Waals surface area contributed by atoms with Gasteiger partial charge in [0.1, 0.15) is 12.4 Å². The van der Waals surface area contributed by atoms with Crippen molar-refractivity contribution in [1.29, 1.82) is 0 Å². The molecule has 3 nitrogen and oxygen atoms in total. The Kier molecular flexibility index (Phi) is 6.29. The van der Waals surface area contributed by atoms with Gasteiger partial charge in [0.05, 0.1) is 5.56 Å². The molecule has 6 heteroatoms. The summed E-state index contributed by atoms with van der Waals surface area (Å²) in [4.78, 5) is 1.85. The fraction of sp³-hybridized carbons (Fsp3) is 0.571. The van der Waals surface area contributed by atoms with Crippen molar-refractivity contribution in [2.45, 2.75) is 19.6 Å². The van der Waals surface area contributed by atoms with Crippen molar-refractivity contribution in [1.82, 2.24) is 10.2 Å². The van der Waals surface area contributed by atoms with Gasteiger partial charge < -0.3 is 15.0 Å². The van der Waals surface area contributed by atoms with E-state index in [9.17, 15) is 13.2 Å². The molecule has 1 rings (SSSR count). The second-order valence-electron chi connectivity index (χ2n) is 4.76. The summed E-state index contributed by atoms with van der Waals surface area (Å²) in [6.45, 7) is 3.82. The molecule has 0 aliphatic rings. The molecule has 114 valence electrons. The number of alkyl halides is 3. The summed E-state index contributed by atoms with van der Waals surface area (Å²) < 4.78 is 44.3. The quantitative estimate of drug-likeness (QED) is 0.835. The van der Waals surface area contributed by atoms with E-state index in [0.29, 0.717) is 25.2 Å². The van der Waals surface area contributed by atoms with Crippen LogP contribution in [0.25, 0.3) is 0 Å². The lowest BCUT2D eigenvalue weighted by atomic mass is 10.1. The van der Waals surface area contributed by atoms with Crippen molar-refractivity contribution in [2.75, 3.05) is 33.8 Å². The molecule has 20 heavy (non-hydrogen) atoms. The fourth-order valence-corrected chi connectivity index (χ4v) is 1.64. The Morgan fingerprint density at radius 3 is 2.50 bits per heavy atom. The highest BCUT2D eigenvalue weighted by Gasteiger charge is 2.34. The van der Waals surface area contributed by atoms with Gasteiger partial charge in [0.15, 0.2) is 0 Å². The van der Waals surface area contributed by atoms with Gasteiger partial charge in [0.2, 0.25) is 0 Å². The molecule has 0 amide bonds. The molecular formula is C14H21F3N2O. The van der Waals surface area contributed by atoms with Gasteiger partial charge in [-0.25, -0.2) is 0 Å². The van der Waals surface area contributed by atoms with Crippen molar-refractivity contribution in [3.05, 3.63) is 29.3 Å². The molecule has 0 spiro atoms. The molecule has 1 aromatic rings. The summed E-state index contributed by atoms with van der Waals surface area (Å²) in [7, 11) is 3.68. The monoisotopic (exact) mass is 290 g/mol. The van der Waals surface area contributed by atoms with E-state index >= 15 is 0 Å². The van der Waals surface area contributed by atoms with Crippen molar-refractivity contribution < 1.29 is 17.9 Å². The Balaban J connectivity index is 2.87. The maximum absolute atomic E-state index is 13.0. The second-order valence-corrected chi connectivity index (χ2v) is 4.76. The molecule has 0 saturated heterocycles. The Morgan fingerprint density at radius 2 is 1.95 bits per heavy atom. The van der Waals surface area contributed by atoms with Crippen LogP contribution in [0.5, 0.6) is 5.75 Å². The zero-order valence-electron chi connectivity index (χ0n) is 12.0. The highest BCUT2D eigenvalue weighted by Crippen LogP contribution is 2.36. The Labute approximate surface area is 117 Å². The average molecular weight is 290 g/mol. The first-order valence-electron chi connectivity index (χ1n) is 6.53. The fourth-order valence-electron chi connectivity index (χ4n) is 1.64. The lowest BCUT2D eigenvalue weighted by Gasteiger charge is -2.17. The SMILES string of the molecule is CCNCc1ccc(OCCN(C)C)c(C(F)(F)F)c1. The number of nitrogens with one attached hydrogen (secondary N) is 1. The molecule has 0 aromatic heterocycles. The third-order valence-corrected chi connectivity index (χ3v) is 2.72. The van der Waals surface area contributed by atoms with Gasteiger partial charge in [-0.15, -0.1) is 0 Å². The van der Waals surface area contributed by atoms with Gasteiger partial charge in [0.25, 0.3) is 0 Å². The summed E-state index contributed by atoms with van der Waals surface area (Å²) in [6.07, 6.45) is -4.41. The molecule has 0 radical (unpaired) electrons. The maximum Gasteiger partial charge on any atom is 0.419 e. The third-order valence-electron chi connectivity index (χ3n) is 2.72. The second kappa shape index (κ2) is 7.50. The molecule has 0 unspecified atom stereocenters. The smallest absolute Gasteiger partial charge is 0.419 e. The van der Waals surface area contributed by atoms with Gasteiger partial charge in [-0.1, -0.05) is 13.0 Å². The van der Waals surface area contributed by atoms with Crippen LogP contribution in [0.2, 0.25) is 0 Å². The standard InChI is InChI=1S/C14H21F3N2O/c1-4-18-10-11-5-6-13(20-8-7-19(2)3)12(9-11)14(15,16)17/h5-6,9,18H,4,7-8,10H2,1-3H3. The highest BCUT2D eigenvalue weighted by atomic mass is 19.4. The molecular weight excluding hydrogens is 269 g/mol. The minimum absolute atomic E-state index is 0.111. The highest BCUT2D eigenvalue weighted by molar-refractivity contribution is 5.39. The van der Waals surface area contributed by atoms with Gasteiger partial charge in [-0.05, 0) is 38.3 Å². The number of benzene rings is 1. The molecule has 0 bridgehead atoms. The lowest BCUT2D eigenvalue weighted by Crippen LogP contribution is -2.20.